The van der Waals surface area contributed by atoms with Crippen molar-refractivity contribution in [3.05, 3.63) is 94.0 Å². The Balaban J connectivity index is 1.65. The lowest BCUT2D eigenvalue weighted by molar-refractivity contribution is -0.123. The summed E-state index contributed by atoms with van der Waals surface area (Å²) in [6, 6.07) is 12.4. The number of carbonyl (C=O) groups excluding carboxylic acids is 1. The lowest BCUT2D eigenvalue weighted by atomic mass is 10.0. The fourth-order valence-electron chi connectivity index (χ4n) is 2.97. The lowest BCUT2D eigenvalue weighted by Crippen LogP contribution is -2.39. The fraction of sp³-hybridized carbons (Fsp3) is 0.227. The van der Waals surface area contributed by atoms with Crippen LogP contribution in [0.2, 0.25) is 10.0 Å². The first-order valence-corrected chi connectivity index (χ1v) is 10.1. The summed E-state index contributed by atoms with van der Waals surface area (Å²) < 4.78 is 0. The Hall–Kier alpha value is -2.47. The predicted molar refractivity (Wildman–Crippen MR) is 116 cm³/mol. The highest BCUT2D eigenvalue weighted by Gasteiger charge is 2.22. The molecule has 3 rings (SSSR count). The zero-order chi connectivity index (χ0) is 20.5. The van der Waals surface area contributed by atoms with Gasteiger partial charge in [-0.25, -0.2) is 0 Å². The number of nitrogens with zero attached hydrogens (tertiary/aromatic N) is 2. The molecule has 2 aromatic heterocycles. The van der Waals surface area contributed by atoms with Crippen LogP contribution in [-0.2, 0) is 17.6 Å². The Morgan fingerprint density at radius 1 is 0.862 bits per heavy atom. The molecular weight excluding hydrogens is 407 g/mol. The van der Waals surface area contributed by atoms with Crippen LogP contribution < -0.4 is 10.6 Å². The summed E-state index contributed by atoms with van der Waals surface area (Å²) in [6.07, 6.45) is 8.51. The van der Waals surface area contributed by atoms with Gasteiger partial charge in [0.1, 0.15) is 6.04 Å². The van der Waals surface area contributed by atoms with E-state index in [1.165, 1.54) is 0 Å². The van der Waals surface area contributed by atoms with Gasteiger partial charge in [0.2, 0.25) is 5.91 Å². The van der Waals surface area contributed by atoms with E-state index in [9.17, 15) is 4.79 Å². The molecule has 0 unspecified atom stereocenters. The number of pyridine rings is 2. The number of amides is 1. The van der Waals surface area contributed by atoms with Crippen LogP contribution in [0, 0.1) is 0 Å². The van der Waals surface area contributed by atoms with Crippen LogP contribution in [0.4, 0.5) is 0 Å². The first-order valence-electron chi connectivity index (χ1n) is 9.37. The molecule has 0 aliphatic heterocycles. The number of hydrogen-bond acceptors (Lipinski definition) is 4. The third kappa shape index (κ3) is 6.53. The fourth-order valence-corrected chi connectivity index (χ4v) is 3.49. The van der Waals surface area contributed by atoms with E-state index in [-0.39, 0.29) is 5.91 Å². The molecular formula is C22H22Cl2N4O. The van der Waals surface area contributed by atoms with Gasteiger partial charge in [0, 0.05) is 47.9 Å². The second-order valence-electron chi connectivity index (χ2n) is 6.55. The maximum atomic E-state index is 12.9. The van der Waals surface area contributed by atoms with E-state index in [1.54, 1.807) is 43.0 Å². The van der Waals surface area contributed by atoms with Crippen LogP contribution in [0.15, 0.2) is 67.3 Å². The highest BCUT2D eigenvalue weighted by atomic mass is 35.5. The number of rotatable bonds is 9. The SMILES string of the molecule is O=C(NCCc1ccncc1)[C@@H](NCCc1ccncc1)c1ccc(Cl)cc1Cl. The van der Waals surface area contributed by atoms with Crippen molar-refractivity contribution in [2.75, 3.05) is 13.1 Å². The second kappa shape index (κ2) is 10.9. The molecule has 0 spiro atoms. The van der Waals surface area contributed by atoms with Gasteiger partial charge in [0.25, 0.3) is 0 Å². The highest BCUT2D eigenvalue weighted by molar-refractivity contribution is 6.35. The van der Waals surface area contributed by atoms with Gasteiger partial charge in [-0.1, -0.05) is 29.3 Å². The summed E-state index contributed by atoms with van der Waals surface area (Å²) in [6.45, 7) is 1.14. The summed E-state index contributed by atoms with van der Waals surface area (Å²) in [5.41, 5.74) is 2.96. The topological polar surface area (TPSA) is 66.9 Å². The molecule has 5 nitrogen and oxygen atoms in total. The van der Waals surface area contributed by atoms with Crippen molar-refractivity contribution in [2.24, 2.45) is 0 Å². The minimum atomic E-state index is -0.570. The molecule has 0 aliphatic carbocycles. The summed E-state index contributed by atoms with van der Waals surface area (Å²) in [4.78, 5) is 21.0. The standard InChI is InChI=1S/C22H22Cl2N4O/c23-18-1-2-19(20(24)15-18)21(27-13-7-16-3-9-25-10-4-16)22(29)28-14-8-17-5-11-26-12-6-17/h1-6,9-12,15,21,27H,7-8,13-14H2,(H,28,29)/t21-/m0/s1. The number of aromatic nitrogens is 2. The van der Waals surface area contributed by atoms with E-state index < -0.39 is 6.04 Å². The van der Waals surface area contributed by atoms with Crippen molar-refractivity contribution < 1.29 is 4.79 Å². The van der Waals surface area contributed by atoms with Gasteiger partial charge >= 0.3 is 0 Å². The van der Waals surface area contributed by atoms with Crippen molar-refractivity contribution in [1.29, 1.82) is 0 Å². The van der Waals surface area contributed by atoms with Crippen molar-refractivity contribution >= 4 is 29.1 Å². The van der Waals surface area contributed by atoms with E-state index in [0.29, 0.717) is 28.7 Å². The lowest BCUT2D eigenvalue weighted by Gasteiger charge is -2.20. The zero-order valence-electron chi connectivity index (χ0n) is 15.8. The van der Waals surface area contributed by atoms with Crippen molar-refractivity contribution in [1.82, 2.24) is 20.6 Å². The molecule has 29 heavy (non-hydrogen) atoms. The molecule has 7 heteroatoms. The average molecular weight is 429 g/mol. The minimum absolute atomic E-state index is 0.127. The molecule has 0 saturated carbocycles. The molecule has 2 heterocycles. The third-order valence-electron chi connectivity index (χ3n) is 4.51. The maximum Gasteiger partial charge on any atom is 0.241 e. The number of hydrogen-bond donors (Lipinski definition) is 2. The van der Waals surface area contributed by atoms with E-state index in [2.05, 4.69) is 20.6 Å². The molecule has 0 aliphatic rings. The van der Waals surface area contributed by atoms with Crippen molar-refractivity contribution in [3.8, 4) is 0 Å². The zero-order valence-corrected chi connectivity index (χ0v) is 17.3. The van der Waals surface area contributed by atoms with Gasteiger partial charge in [-0.2, -0.15) is 0 Å². The van der Waals surface area contributed by atoms with Crippen LogP contribution in [-0.4, -0.2) is 29.0 Å². The Kier molecular flexibility index (Phi) is 7.99. The monoisotopic (exact) mass is 428 g/mol. The van der Waals surface area contributed by atoms with E-state index in [1.807, 2.05) is 24.3 Å². The molecule has 3 aromatic rings. The molecule has 0 saturated heterocycles. The van der Waals surface area contributed by atoms with Gasteiger partial charge < -0.3 is 10.6 Å². The van der Waals surface area contributed by atoms with Crippen LogP contribution in [0.25, 0.3) is 0 Å². The largest absolute Gasteiger partial charge is 0.354 e. The van der Waals surface area contributed by atoms with E-state index in [4.69, 9.17) is 23.2 Å². The van der Waals surface area contributed by atoms with Gasteiger partial charge in [0.15, 0.2) is 0 Å². The predicted octanol–water partition coefficient (Wildman–Crippen LogP) is 4.02. The number of benzene rings is 1. The Bertz CT molecular complexity index is 923. The normalized spacial score (nSPS) is 11.8. The van der Waals surface area contributed by atoms with Gasteiger partial charge in [-0.05, 0) is 65.9 Å². The molecule has 1 amide bonds. The number of halogens is 2. The van der Waals surface area contributed by atoms with Crippen LogP contribution in [0.5, 0.6) is 0 Å². The third-order valence-corrected chi connectivity index (χ3v) is 5.07. The second-order valence-corrected chi connectivity index (χ2v) is 7.40. The van der Waals surface area contributed by atoms with Crippen LogP contribution in [0.3, 0.4) is 0 Å². The van der Waals surface area contributed by atoms with Gasteiger partial charge in [-0.15, -0.1) is 0 Å². The minimum Gasteiger partial charge on any atom is -0.354 e. The average Bonchev–Trinajstić information content (AvgIpc) is 2.73. The van der Waals surface area contributed by atoms with Gasteiger partial charge in [-0.3, -0.25) is 14.8 Å². The molecule has 2 N–H and O–H groups in total. The molecule has 150 valence electrons. The Labute approximate surface area is 180 Å². The molecule has 0 fully saturated rings. The van der Waals surface area contributed by atoms with Crippen molar-refractivity contribution in [3.63, 3.8) is 0 Å². The molecule has 1 atom stereocenters. The van der Waals surface area contributed by atoms with Crippen LogP contribution >= 0.6 is 23.2 Å². The first kappa shape index (κ1) is 21.2. The molecule has 0 radical (unpaired) electrons. The molecule has 0 bridgehead atoms. The van der Waals surface area contributed by atoms with E-state index >= 15 is 0 Å². The highest BCUT2D eigenvalue weighted by Crippen LogP contribution is 2.26. The Morgan fingerprint density at radius 3 is 2.03 bits per heavy atom. The summed E-state index contributed by atoms with van der Waals surface area (Å²) in [5, 5.41) is 7.32. The van der Waals surface area contributed by atoms with Crippen molar-refractivity contribution in [2.45, 2.75) is 18.9 Å². The Morgan fingerprint density at radius 2 is 1.45 bits per heavy atom. The van der Waals surface area contributed by atoms with Crippen LogP contribution in [0.1, 0.15) is 22.7 Å². The first-order chi connectivity index (χ1) is 14.1. The molecule has 1 aromatic carbocycles. The maximum absolute atomic E-state index is 12.9. The quantitative estimate of drug-likeness (QED) is 0.539. The van der Waals surface area contributed by atoms with E-state index in [0.717, 1.165) is 24.0 Å². The number of carbonyl (C=O) groups is 1. The van der Waals surface area contributed by atoms with Gasteiger partial charge in [0.05, 0.1) is 0 Å². The summed E-state index contributed by atoms with van der Waals surface area (Å²) >= 11 is 12.4. The summed E-state index contributed by atoms with van der Waals surface area (Å²) in [7, 11) is 0. The smallest absolute Gasteiger partial charge is 0.241 e. The number of nitrogens with one attached hydrogen (secondary N) is 2. The summed E-state index contributed by atoms with van der Waals surface area (Å²) in [5.74, 6) is -0.127.